The maximum Gasteiger partial charge on any atom is 0.160 e. The van der Waals surface area contributed by atoms with Gasteiger partial charge >= 0.3 is 0 Å². The highest BCUT2D eigenvalue weighted by Crippen LogP contribution is 2.40. The van der Waals surface area contributed by atoms with Crippen molar-refractivity contribution in [2.45, 2.75) is 12.8 Å². The Labute approximate surface area is 396 Å². The van der Waals surface area contributed by atoms with Gasteiger partial charge in [-0.2, -0.15) is 0 Å². The minimum atomic E-state index is -0.416. The van der Waals surface area contributed by atoms with Gasteiger partial charge in [0.2, 0.25) is 0 Å². The molecule has 0 unspecified atom stereocenters. The first-order chi connectivity index (χ1) is 34.1. The predicted molar refractivity (Wildman–Crippen MR) is 281 cm³/mol. The van der Waals surface area contributed by atoms with Crippen molar-refractivity contribution in [3.05, 3.63) is 223 Å². The number of fused-ring (bicyclic) bond motifs is 9. The van der Waals surface area contributed by atoms with Crippen LogP contribution in [0.25, 0.3) is 116 Å². The van der Waals surface area contributed by atoms with Gasteiger partial charge in [-0.25, -0.2) is 9.97 Å². The minimum absolute atomic E-state index is 0.360. The molecule has 13 aromatic rings. The summed E-state index contributed by atoms with van der Waals surface area (Å²) in [5, 5.41) is 6.77. The molecule has 0 radical (unpaired) electrons. The van der Waals surface area contributed by atoms with Crippen molar-refractivity contribution in [3.63, 3.8) is 0 Å². The fourth-order valence-electron chi connectivity index (χ4n) is 10.6. The van der Waals surface area contributed by atoms with Crippen molar-refractivity contribution < 1.29 is 8.78 Å². The summed E-state index contributed by atoms with van der Waals surface area (Å²) < 4.78 is 34.5. The minimum Gasteiger partial charge on any atom is -0.309 e. The quantitative estimate of drug-likeness (QED) is 0.137. The summed E-state index contributed by atoms with van der Waals surface area (Å²) in [5.41, 5.74) is 15.7. The van der Waals surface area contributed by atoms with E-state index in [1.165, 1.54) is 10.8 Å². The summed E-state index contributed by atoms with van der Waals surface area (Å²) in [6.07, 6.45) is 0.719. The first kappa shape index (κ1) is 40.6. The lowest BCUT2D eigenvalue weighted by Gasteiger charge is -2.17. The molecule has 0 saturated heterocycles. The zero-order valence-electron chi connectivity index (χ0n) is 37.5. The van der Waals surface area contributed by atoms with Crippen molar-refractivity contribution in [2.75, 3.05) is 13.3 Å². The maximum absolute atomic E-state index is 13.7. The number of hydrogen-bond donors (Lipinski definition) is 0. The van der Waals surface area contributed by atoms with Crippen LogP contribution in [0.5, 0.6) is 0 Å². The molecule has 0 fully saturated rings. The molecule has 4 heterocycles. The Morgan fingerprint density at radius 2 is 0.710 bits per heavy atom. The number of para-hydroxylation sites is 4. The largest absolute Gasteiger partial charge is 0.309 e. The van der Waals surface area contributed by atoms with Gasteiger partial charge in [-0.1, -0.05) is 127 Å². The van der Waals surface area contributed by atoms with E-state index in [0.717, 1.165) is 111 Å². The van der Waals surface area contributed by atoms with E-state index in [0.29, 0.717) is 18.7 Å². The van der Waals surface area contributed by atoms with Crippen molar-refractivity contribution in [1.82, 2.24) is 23.7 Å². The number of nitrogens with zero attached hydrogens (tertiary/aromatic N) is 5. The number of alkyl halides is 2. The van der Waals surface area contributed by atoms with Gasteiger partial charge in [0.25, 0.3) is 0 Å². The SMILES string of the molecule is FCCc1ccc2c(c1)c1ccccc1n2-c1cc(-c2cc(-c3ccc(-n4c5ccccc5c5ccccc54)cc3)nc(-c3ccccc3)n2)cc(-n2c3ccccc3c3cc(CCF)ccc32)c1. The Morgan fingerprint density at radius 3 is 1.19 bits per heavy atom. The molecule has 7 heteroatoms. The van der Waals surface area contributed by atoms with Crippen LogP contribution in [-0.4, -0.2) is 37.0 Å². The van der Waals surface area contributed by atoms with Gasteiger partial charge in [-0.15, -0.1) is 0 Å². The molecular formula is C62H43F2N5. The smallest absolute Gasteiger partial charge is 0.160 e. The monoisotopic (exact) mass is 895 g/mol. The molecule has 5 nitrogen and oxygen atoms in total. The van der Waals surface area contributed by atoms with E-state index in [1.807, 2.05) is 30.3 Å². The lowest BCUT2D eigenvalue weighted by atomic mass is 10.0. The normalized spacial score (nSPS) is 11.9. The van der Waals surface area contributed by atoms with E-state index >= 15 is 0 Å². The summed E-state index contributed by atoms with van der Waals surface area (Å²) in [5.74, 6) is 0.621. The second-order valence-electron chi connectivity index (χ2n) is 17.8. The van der Waals surface area contributed by atoms with Crippen LogP contribution < -0.4 is 0 Å². The summed E-state index contributed by atoms with van der Waals surface area (Å²) in [7, 11) is 0. The molecule has 0 atom stereocenters. The highest BCUT2D eigenvalue weighted by Gasteiger charge is 2.20. The third kappa shape index (κ3) is 6.80. The van der Waals surface area contributed by atoms with Crippen molar-refractivity contribution in [3.8, 4) is 51.0 Å². The van der Waals surface area contributed by atoms with Gasteiger partial charge in [0.05, 0.1) is 57.8 Å². The summed E-state index contributed by atoms with van der Waals surface area (Å²) in [6, 6.07) is 74.3. The molecule has 330 valence electrons. The molecule has 0 spiro atoms. The van der Waals surface area contributed by atoms with Gasteiger partial charge in [0.15, 0.2) is 5.82 Å². The fraction of sp³-hybridized carbons (Fsp3) is 0.0645. The molecule has 9 aromatic carbocycles. The van der Waals surface area contributed by atoms with E-state index in [2.05, 4.69) is 196 Å². The van der Waals surface area contributed by atoms with E-state index in [4.69, 9.17) is 9.97 Å². The third-order valence-corrected chi connectivity index (χ3v) is 13.7. The predicted octanol–water partition coefficient (Wildman–Crippen LogP) is 15.8. The van der Waals surface area contributed by atoms with Crippen molar-refractivity contribution in [1.29, 1.82) is 0 Å². The zero-order valence-corrected chi connectivity index (χ0v) is 37.5. The van der Waals surface area contributed by atoms with E-state index in [1.54, 1.807) is 0 Å². The van der Waals surface area contributed by atoms with Crippen LogP contribution in [0.1, 0.15) is 11.1 Å². The number of rotatable bonds is 10. The van der Waals surface area contributed by atoms with Crippen LogP contribution in [0.15, 0.2) is 212 Å². The standard InChI is InChI=1S/C62H43F2N5/c63-32-30-40-22-28-60-52(34-40)50-16-6-10-20-58(50)68(60)46-36-44(37-47(38-46)69-59-21-11-7-17-51(59)53-35-41(31-33-64)23-29-61(53)69)55-39-54(65-62(66-55)43-12-2-1-3-13-43)42-24-26-45(27-25-42)67-56-18-8-4-14-48(56)49-15-5-9-19-57(49)67/h1-29,34-39H,30-33H2. The lowest BCUT2D eigenvalue weighted by Crippen LogP contribution is -2.02. The molecule has 4 aromatic heterocycles. The average Bonchev–Trinajstić information content (AvgIpc) is 4.04. The van der Waals surface area contributed by atoms with Crippen molar-refractivity contribution >= 4 is 65.4 Å². The van der Waals surface area contributed by atoms with Gasteiger partial charge < -0.3 is 13.7 Å². The van der Waals surface area contributed by atoms with Crippen LogP contribution in [0, 0.1) is 0 Å². The number of benzene rings is 9. The second-order valence-corrected chi connectivity index (χ2v) is 17.8. The average molecular weight is 896 g/mol. The third-order valence-electron chi connectivity index (χ3n) is 13.7. The van der Waals surface area contributed by atoms with E-state index in [-0.39, 0.29) is 0 Å². The highest BCUT2D eigenvalue weighted by atomic mass is 19.1. The number of halogens is 2. The lowest BCUT2D eigenvalue weighted by molar-refractivity contribution is 0.495. The zero-order chi connectivity index (χ0) is 46.0. The maximum atomic E-state index is 13.7. The molecule has 0 aliphatic rings. The first-order valence-electron chi connectivity index (χ1n) is 23.5. The second kappa shape index (κ2) is 16.6. The van der Waals surface area contributed by atoms with Crippen LogP contribution >= 0.6 is 0 Å². The summed E-state index contributed by atoms with van der Waals surface area (Å²) >= 11 is 0. The first-order valence-corrected chi connectivity index (χ1v) is 23.5. The highest BCUT2D eigenvalue weighted by molar-refractivity contribution is 6.12. The van der Waals surface area contributed by atoms with Crippen LogP contribution in [0.2, 0.25) is 0 Å². The van der Waals surface area contributed by atoms with Gasteiger partial charge in [-0.05, 0) is 96.1 Å². The summed E-state index contributed by atoms with van der Waals surface area (Å²) in [4.78, 5) is 10.6. The molecule has 69 heavy (non-hydrogen) atoms. The van der Waals surface area contributed by atoms with Gasteiger partial charge in [0, 0.05) is 78.9 Å². The Balaban J connectivity index is 1.05. The topological polar surface area (TPSA) is 40.6 Å². The van der Waals surface area contributed by atoms with E-state index in [9.17, 15) is 8.78 Å². The van der Waals surface area contributed by atoms with Gasteiger partial charge in [-0.3, -0.25) is 8.78 Å². The molecule has 0 aliphatic carbocycles. The van der Waals surface area contributed by atoms with E-state index < -0.39 is 13.3 Å². The van der Waals surface area contributed by atoms with Crippen LogP contribution in [-0.2, 0) is 12.8 Å². The van der Waals surface area contributed by atoms with Gasteiger partial charge in [0.1, 0.15) is 0 Å². The molecule has 0 aliphatic heterocycles. The Hall–Kier alpha value is -8.68. The van der Waals surface area contributed by atoms with Crippen LogP contribution in [0.3, 0.4) is 0 Å². The Morgan fingerprint density at radius 1 is 0.304 bits per heavy atom. The molecule has 0 bridgehead atoms. The van der Waals surface area contributed by atoms with Crippen LogP contribution in [0.4, 0.5) is 8.78 Å². The molecular weight excluding hydrogens is 853 g/mol. The molecule has 0 N–H and O–H groups in total. The number of hydrogen-bond acceptors (Lipinski definition) is 2. The molecule has 13 rings (SSSR count). The number of aryl methyl sites for hydroxylation is 2. The molecule has 0 amide bonds. The van der Waals surface area contributed by atoms with Crippen molar-refractivity contribution in [2.24, 2.45) is 0 Å². The summed E-state index contributed by atoms with van der Waals surface area (Å²) in [6.45, 7) is -0.831. The Kier molecular flexibility index (Phi) is 9.75. The Bertz CT molecular complexity index is 3910. The fourth-order valence-corrected chi connectivity index (χ4v) is 10.6. The molecule has 0 saturated carbocycles. The number of aromatic nitrogens is 5.